The van der Waals surface area contributed by atoms with Crippen LogP contribution in [0.25, 0.3) is 0 Å². The van der Waals surface area contributed by atoms with Crippen molar-refractivity contribution in [2.75, 3.05) is 11.5 Å². The molecule has 3 aromatic rings. The Morgan fingerprint density at radius 2 is 1.10 bits per heavy atom. The van der Waals surface area contributed by atoms with Gasteiger partial charge in [-0.2, -0.15) is 21.9 Å². The highest BCUT2D eigenvalue weighted by Gasteiger charge is 2.13. The van der Waals surface area contributed by atoms with E-state index in [1.807, 2.05) is 22.9 Å². The maximum absolute atomic E-state index is 12.4. The third-order valence-electron chi connectivity index (χ3n) is 3.98. The van der Waals surface area contributed by atoms with Crippen LogP contribution in [0.5, 0.6) is 0 Å². The molecule has 0 atom stereocenters. The van der Waals surface area contributed by atoms with Gasteiger partial charge in [-0.15, -0.1) is 23.5 Å². The van der Waals surface area contributed by atoms with Crippen molar-refractivity contribution in [1.82, 2.24) is 0 Å². The lowest BCUT2D eigenvalue weighted by Gasteiger charge is -2.05. The summed E-state index contributed by atoms with van der Waals surface area (Å²) in [5.74, 6) is 0.574. The zero-order valence-electron chi connectivity index (χ0n) is 15.1. The van der Waals surface area contributed by atoms with Gasteiger partial charge in [-0.3, -0.25) is 9.59 Å². The fourth-order valence-electron chi connectivity index (χ4n) is 2.40. The summed E-state index contributed by atoms with van der Waals surface area (Å²) in [6.07, 6.45) is 0. The predicted molar refractivity (Wildman–Crippen MR) is 117 cm³/mol. The number of Topliss-reactive ketones (excluding diaryl/α,β-unsaturated/α-hetero) is 2. The van der Waals surface area contributed by atoms with E-state index in [9.17, 15) is 9.59 Å². The first-order chi connectivity index (χ1) is 14.1. The molecule has 0 saturated carbocycles. The van der Waals surface area contributed by atoms with Crippen molar-refractivity contribution in [3.05, 3.63) is 81.5 Å². The van der Waals surface area contributed by atoms with E-state index in [-0.39, 0.29) is 11.6 Å². The van der Waals surface area contributed by atoms with Crippen LogP contribution in [0.1, 0.15) is 31.8 Å². The number of nitriles is 2. The third kappa shape index (κ3) is 5.58. The second kappa shape index (κ2) is 10.1. The highest BCUT2D eigenvalue weighted by Crippen LogP contribution is 2.35. The Hall–Kier alpha value is -2.84. The number of carbonyl (C=O) groups excluding carboxylic acids is 2. The molecule has 29 heavy (non-hydrogen) atoms. The SMILES string of the molecule is N#Cc1ccc(C(=O)CSc2cscc2SCC(=O)c2ccc(C#N)cc2)cc1. The second-order valence-electron chi connectivity index (χ2n) is 5.90. The van der Waals surface area contributed by atoms with Gasteiger partial charge in [-0.25, -0.2) is 0 Å². The quantitative estimate of drug-likeness (QED) is 0.347. The smallest absolute Gasteiger partial charge is 0.173 e. The van der Waals surface area contributed by atoms with Crippen molar-refractivity contribution >= 4 is 46.4 Å². The molecule has 3 rings (SSSR count). The van der Waals surface area contributed by atoms with Crippen LogP contribution >= 0.6 is 34.9 Å². The summed E-state index contributed by atoms with van der Waals surface area (Å²) in [5.41, 5.74) is 2.21. The predicted octanol–water partition coefficient (Wildman–Crippen LogP) is 5.44. The van der Waals surface area contributed by atoms with E-state index >= 15 is 0 Å². The Labute approximate surface area is 181 Å². The molecule has 0 amide bonds. The van der Waals surface area contributed by atoms with E-state index in [4.69, 9.17) is 10.5 Å². The van der Waals surface area contributed by atoms with Gasteiger partial charge < -0.3 is 0 Å². The molecule has 0 aliphatic rings. The van der Waals surface area contributed by atoms with E-state index in [0.29, 0.717) is 33.8 Å². The van der Waals surface area contributed by atoms with Gasteiger partial charge >= 0.3 is 0 Å². The number of hydrogen-bond acceptors (Lipinski definition) is 7. The summed E-state index contributed by atoms with van der Waals surface area (Å²) in [4.78, 5) is 26.7. The van der Waals surface area contributed by atoms with Crippen molar-refractivity contribution in [2.24, 2.45) is 0 Å². The number of hydrogen-bond donors (Lipinski definition) is 0. The van der Waals surface area contributed by atoms with E-state index in [1.165, 1.54) is 34.9 Å². The molecule has 2 aromatic carbocycles. The van der Waals surface area contributed by atoms with E-state index < -0.39 is 0 Å². The largest absolute Gasteiger partial charge is 0.293 e. The lowest BCUT2D eigenvalue weighted by Crippen LogP contribution is -2.03. The average Bonchev–Trinajstić information content (AvgIpc) is 3.23. The molecular formula is C22H14N2O2S3. The first-order valence-corrected chi connectivity index (χ1v) is 11.4. The Kier molecular flexibility index (Phi) is 7.26. The Balaban J connectivity index is 1.56. The van der Waals surface area contributed by atoms with E-state index in [0.717, 1.165) is 9.79 Å². The van der Waals surface area contributed by atoms with Crippen molar-refractivity contribution in [1.29, 1.82) is 10.5 Å². The molecule has 4 nitrogen and oxygen atoms in total. The van der Waals surface area contributed by atoms with E-state index in [1.54, 1.807) is 48.5 Å². The number of ketones is 2. The first-order valence-electron chi connectivity index (χ1n) is 8.49. The average molecular weight is 435 g/mol. The number of benzene rings is 2. The summed E-state index contributed by atoms with van der Waals surface area (Å²) in [7, 11) is 0. The monoisotopic (exact) mass is 434 g/mol. The molecule has 0 N–H and O–H groups in total. The van der Waals surface area contributed by atoms with Crippen LogP contribution in [-0.4, -0.2) is 23.1 Å². The second-order valence-corrected chi connectivity index (χ2v) is 8.68. The van der Waals surface area contributed by atoms with Crippen LogP contribution in [0.15, 0.2) is 69.1 Å². The molecule has 0 spiro atoms. The van der Waals surface area contributed by atoms with Crippen molar-refractivity contribution in [3.8, 4) is 12.1 Å². The lowest BCUT2D eigenvalue weighted by atomic mass is 10.1. The zero-order chi connectivity index (χ0) is 20.6. The van der Waals surface area contributed by atoms with Gasteiger partial charge in [0.05, 0.1) is 34.8 Å². The van der Waals surface area contributed by atoms with Crippen LogP contribution in [0.3, 0.4) is 0 Å². The van der Waals surface area contributed by atoms with Crippen molar-refractivity contribution < 1.29 is 9.59 Å². The molecule has 1 aromatic heterocycles. The maximum Gasteiger partial charge on any atom is 0.173 e. The fraction of sp³-hybridized carbons (Fsp3) is 0.0909. The molecule has 0 unspecified atom stereocenters. The number of carbonyl (C=O) groups is 2. The number of nitrogens with zero attached hydrogens (tertiary/aromatic N) is 2. The number of thiophene rings is 1. The molecular weight excluding hydrogens is 420 g/mol. The minimum absolute atomic E-state index is 0.00435. The van der Waals surface area contributed by atoms with Crippen LogP contribution in [0.2, 0.25) is 0 Å². The topological polar surface area (TPSA) is 81.7 Å². The highest BCUT2D eigenvalue weighted by molar-refractivity contribution is 8.03. The summed E-state index contributed by atoms with van der Waals surface area (Å²) in [5, 5.41) is 21.6. The fourth-order valence-corrected chi connectivity index (χ4v) is 5.66. The van der Waals surface area contributed by atoms with Crippen LogP contribution in [0, 0.1) is 22.7 Å². The maximum atomic E-state index is 12.4. The minimum atomic E-state index is -0.00435. The lowest BCUT2D eigenvalue weighted by molar-refractivity contribution is 0.101. The summed E-state index contributed by atoms with van der Waals surface area (Å²) >= 11 is 4.43. The molecule has 0 radical (unpaired) electrons. The minimum Gasteiger partial charge on any atom is -0.293 e. The number of thioether (sulfide) groups is 2. The Morgan fingerprint density at radius 3 is 1.45 bits per heavy atom. The van der Waals surface area contributed by atoms with Crippen LogP contribution in [-0.2, 0) is 0 Å². The molecule has 142 valence electrons. The molecule has 0 saturated heterocycles. The zero-order valence-corrected chi connectivity index (χ0v) is 17.6. The van der Waals surface area contributed by atoms with E-state index in [2.05, 4.69) is 0 Å². The molecule has 0 fully saturated rings. The Bertz CT molecular complexity index is 1020. The van der Waals surface area contributed by atoms with Gasteiger partial charge in [0.15, 0.2) is 11.6 Å². The van der Waals surface area contributed by atoms with Gasteiger partial charge in [-0.05, 0) is 24.3 Å². The number of rotatable bonds is 8. The standard InChI is InChI=1S/C22H14N2O2S3/c23-9-15-1-5-17(6-2-15)19(25)11-28-21-13-27-14-22(21)29-12-20(26)18-7-3-16(10-24)4-8-18/h1-8,13-14H,11-12H2. The van der Waals surface area contributed by atoms with Gasteiger partial charge in [0.2, 0.25) is 0 Å². The highest BCUT2D eigenvalue weighted by atomic mass is 32.2. The van der Waals surface area contributed by atoms with Crippen molar-refractivity contribution in [3.63, 3.8) is 0 Å². The first kappa shape index (κ1) is 20.9. The molecule has 7 heteroatoms. The summed E-state index contributed by atoms with van der Waals surface area (Å²) < 4.78 is 0. The van der Waals surface area contributed by atoms with Gasteiger partial charge in [0.1, 0.15) is 0 Å². The molecule has 1 heterocycles. The summed E-state index contributed by atoms with van der Waals surface area (Å²) in [6.45, 7) is 0. The van der Waals surface area contributed by atoms with Crippen LogP contribution in [0.4, 0.5) is 0 Å². The van der Waals surface area contributed by atoms with Gasteiger partial charge in [0, 0.05) is 31.7 Å². The molecule has 0 aliphatic heterocycles. The molecule has 0 bridgehead atoms. The third-order valence-corrected chi connectivity index (χ3v) is 7.26. The molecule has 0 aliphatic carbocycles. The van der Waals surface area contributed by atoms with Crippen LogP contribution < -0.4 is 0 Å². The summed E-state index contributed by atoms with van der Waals surface area (Å²) in [6, 6.07) is 17.3. The normalized spacial score (nSPS) is 10.1. The van der Waals surface area contributed by atoms with Gasteiger partial charge in [-0.1, -0.05) is 24.3 Å². The van der Waals surface area contributed by atoms with Gasteiger partial charge in [0.25, 0.3) is 0 Å². The van der Waals surface area contributed by atoms with Crippen molar-refractivity contribution in [2.45, 2.75) is 9.79 Å². The Morgan fingerprint density at radius 1 is 0.724 bits per heavy atom.